The van der Waals surface area contributed by atoms with Crippen LogP contribution < -0.4 is 5.32 Å². The van der Waals surface area contributed by atoms with E-state index in [2.05, 4.69) is 31.3 Å². The number of carbonyl (C=O) groups is 2. The molecule has 0 unspecified atom stereocenters. The highest BCUT2D eigenvalue weighted by Gasteiger charge is 2.33. The van der Waals surface area contributed by atoms with Crippen LogP contribution in [0.4, 0.5) is 0 Å². The molecule has 0 radical (unpaired) electrons. The van der Waals surface area contributed by atoms with E-state index < -0.39 is 5.97 Å². The molecule has 0 heterocycles. The van der Waals surface area contributed by atoms with E-state index in [1.54, 1.807) is 0 Å². The summed E-state index contributed by atoms with van der Waals surface area (Å²) >= 11 is 0. The summed E-state index contributed by atoms with van der Waals surface area (Å²) in [5, 5.41) is 11.9. The lowest BCUT2D eigenvalue weighted by atomic mass is 10.0. The molecule has 114 valence electrons. The highest BCUT2D eigenvalue weighted by molar-refractivity contribution is 5.80. The highest BCUT2D eigenvalue weighted by atomic mass is 16.4. The average molecular weight is 289 g/mol. The van der Waals surface area contributed by atoms with Gasteiger partial charge in [0, 0.05) is 12.5 Å². The van der Waals surface area contributed by atoms with Crippen LogP contribution in [0.3, 0.4) is 0 Å². The summed E-state index contributed by atoms with van der Waals surface area (Å²) in [7, 11) is 0. The SMILES string of the molecule is CC(C)c1ccc(CNC(=O)[C@@H]2CC[C@H](C(=O)O)C2)cc1. The molecule has 0 aromatic heterocycles. The third-order valence-corrected chi connectivity index (χ3v) is 4.27. The number of carboxylic acids is 1. The molecule has 0 aliphatic heterocycles. The Morgan fingerprint density at radius 2 is 1.81 bits per heavy atom. The highest BCUT2D eigenvalue weighted by Crippen LogP contribution is 2.31. The van der Waals surface area contributed by atoms with Gasteiger partial charge in [-0.25, -0.2) is 0 Å². The van der Waals surface area contributed by atoms with E-state index in [4.69, 9.17) is 5.11 Å². The minimum absolute atomic E-state index is 0.0216. The molecule has 1 aromatic carbocycles. The number of hydrogen-bond donors (Lipinski definition) is 2. The molecular weight excluding hydrogens is 266 g/mol. The molecule has 0 bridgehead atoms. The second-order valence-corrected chi connectivity index (χ2v) is 6.16. The third-order valence-electron chi connectivity index (χ3n) is 4.27. The molecule has 0 spiro atoms. The van der Waals surface area contributed by atoms with Crippen molar-refractivity contribution in [3.05, 3.63) is 35.4 Å². The van der Waals surface area contributed by atoms with Gasteiger partial charge < -0.3 is 10.4 Å². The Kier molecular flexibility index (Phi) is 4.99. The van der Waals surface area contributed by atoms with Gasteiger partial charge in [0.1, 0.15) is 0 Å². The van der Waals surface area contributed by atoms with Gasteiger partial charge in [-0.05, 0) is 36.3 Å². The standard InChI is InChI=1S/C17H23NO3/c1-11(2)13-5-3-12(4-6-13)10-18-16(19)14-7-8-15(9-14)17(20)21/h3-6,11,14-15H,7-10H2,1-2H3,(H,18,19)(H,20,21)/t14-,15+/m1/s1. The first kappa shape index (κ1) is 15.5. The summed E-state index contributed by atoms with van der Waals surface area (Å²) in [6, 6.07) is 8.24. The molecule has 1 aromatic rings. The predicted molar refractivity (Wildman–Crippen MR) is 80.8 cm³/mol. The van der Waals surface area contributed by atoms with Gasteiger partial charge in [0.25, 0.3) is 0 Å². The topological polar surface area (TPSA) is 66.4 Å². The van der Waals surface area contributed by atoms with Crippen molar-refractivity contribution in [3.63, 3.8) is 0 Å². The lowest BCUT2D eigenvalue weighted by molar-refractivity contribution is -0.141. The number of hydrogen-bond acceptors (Lipinski definition) is 2. The third kappa shape index (κ3) is 4.06. The number of carbonyl (C=O) groups excluding carboxylic acids is 1. The molecular formula is C17H23NO3. The summed E-state index contributed by atoms with van der Waals surface area (Å²) in [6.45, 7) is 4.80. The molecule has 0 saturated heterocycles. The van der Waals surface area contributed by atoms with Crippen LogP contribution in [0.25, 0.3) is 0 Å². The summed E-state index contributed by atoms with van der Waals surface area (Å²) < 4.78 is 0. The number of carboxylic acid groups (broad SMARTS) is 1. The van der Waals surface area contributed by atoms with Crippen molar-refractivity contribution in [2.75, 3.05) is 0 Å². The number of amides is 1. The van der Waals surface area contributed by atoms with Crippen LogP contribution in [0.15, 0.2) is 24.3 Å². The molecule has 2 rings (SSSR count). The Bertz CT molecular complexity index is 507. The van der Waals surface area contributed by atoms with E-state index in [1.165, 1.54) is 5.56 Å². The molecule has 4 nitrogen and oxygen atoms in total. The van der Waals surface area contributed by atoms with Gasteiger partial charge in [0.05, 0.1) is 5.92 Å². The zero-order valence-corrected chi connectivity index (χ0v) is 12.6. The predicted octanol–water partition coefficient (Wildman–Crippen LogP) is 2.93. The molecule has 2 atom stereocenters. The maximum atomic E-state index is 12.1. The smallest absolute Gasteiger partial charge is 0.306 e. The van der Waals surface area contributed by atoms with Crippen LogP contribution in [0, 0.1) is 11.8 Å². The van der Waals surface area contributed by atoms with Gasteiger partial charge >= 0.3 is 5.97 Å². The van der Waals surface area contributed by atoms with Crippen LogP contribution in [0.5, 0.6) is 0 Å². The maximum absolute atomic E-state index is 12.1. The fourth-order valence-electron chi connectivity index (χ4n) is 2.80. The van der Waals surface area contributed by atoms with E-state index in [-0.39, 0.29) is 17.7 Å². The van der Waals surface area contributed by atoms with Gasteiger partial charge in [-0.15, -0.1) is 0 Å². The van der Waals surface area contributed by atoms with Crippen LogP contribution in [-0.2, 0) is 16.1 Å². The molecule has 21 heavy (non-hydrogen) atoms. The Morgan fingerprint density at radius 3 is 2.33 bits per heavy atom. The van der Waals surface area contributed by atoms with Crippen molar-refractivity contribution in [3.8, 4) is 0 Å². The van der Waals surface area contributed by atoms with Crippen molar-refractivity contribution < 1.29 is 14.7 Å². The zero-order chi connectivity index (χ0) is 15.4. The van der Waals surface area contributed by atoms with Crippen molar-refractivity contribution >= 4 is 11.9 Å². The second-order valence-electron chi connectivity index (χ2n) is 6.16. The van der Waals surface area contributed by atoms with Gasteiger partial charge in [-0.1, -0.05) is 38.1 Å². The maximum Gasteiger partial charge on any atom is 0.306 e. The summed E-state index contributed by atoms with van der Waals surface area (Å²) in [5.74, 6) is -0.812. The summed E-state index contributed by atoms with van der Waals surface area (Å²) in [5.41, 5.74) is 2.35. The van der Waals surface area contributed by atoms with Crippen molar-refractivity contribution in [1.82, 2.24) is 5.32 Å². The van der Waals surface area contributed by atoms with E-state index in [0.717, 1.165) is 5.56 Å². The Morgan fingerprint density at radius 1 is 1.19 bits per heavy atom. The van der Waals surface area contributed by atoms with Crippen molar-refractivity contribution in [1.29, 1.82) is 0 Å². The van der Waals surface area contributed by atoms with Crippen LogP contribution in [0.1, 0.15) is 50.2 Å². The second kappa shape index (κ2) is 6.74. The Balaban J connectivity index is 1.83. The first-order valence-electron chi connectivity index (χ1n) is 7.56. The summed E-state index contributed by atoms with van der Waals surface area (Å²) in [6.07, 6.45) is 1.75. The molecule has 1 aliphatic carbocycles. The van der Waals surface area contributed by atoms with Crippen LogP contribution in [0.2, 0.25) is 0 Å². The lowest BCUT2D eigenvalue weighted by Gasteiger charge is -2.12. The van der Waals surface area contributed by atoms with Crippen molar-refractivity contribution in [2.24, 2.45) is 11.8 Å². The first-order valence-corrected chi connectivity index (χ1v) is 7.56. The molecule has 1 aliphatic rings. The first-order chi connectivity index (χ1) is 9.97. The normalized spacial score (nSPS) is 21.5. The largest absolute Gasteiger partial charge is 0.481 e. The zero-order valence-electron chi connectivity index (χ0n) is 12.6. The summed E-state index contributed by atoms with van der Waals surface area (Å²) in [4.78, 5) is 23.0. The van der Waals surface area contributed by atoms with E-state index in [0.29, 0.717) is 31.7 Å². The molecule has 1 amide bonds. The molecule has 1 fully saturated rings. The minimum atomic E-state index is -0.783. The van der Waals surface area contributed by atoms with E-state index >= 15 is 0 Å². The number of benzene rings is 1. The fourth-order valence-corrected chi connectivity index (χ4v) is 2.80. The average Bonchev–Trinajstić information content (AvgIpc) is 2.95. The monoisotopic (exact) mass is 289 g/mol. The molecule has 2 N–H and O–H groups in total. The lowest BCUT2D eigenvalue weighted by Crippen LogP contribution is -2.29. The van der Waals surface area contributed by atoms with Crippen LogP contribution in [-0.4, -0.2) is 17.0 Å². The molecule has 4 heteroatoms. The number of rotatable bonds is 5. The Labute approximate surface area is 125 Å². The number of aliphatic carboxylic acids is 1. The number of nitrogens with one attached hydrogen (secondary N) is 1. The van der Waals surface area contributed by atoms with Gasteiger partial charge in [-0.2, -0.15) is 0 Å². The van der Waals surface area contributed by atoms with Gasteiger partial charge in [0.15, 0.2) is 0 Å². The fraction of sp³-hybridized carbons (Fsp3) is 0.529. The van der Waals surface area contributed by atoms with Gasteiger partial charge in [-0.3, -0.25) is 9.59 Å². The van der Waals surface area contributed by atoms with Crippen molar-refractivity contribution in [2.45, 2.75) is 45.6 Å². The quantitative estimate of drug-likeness (QED) is 0.876. The van der Waals surface area contributed by atoms with Crippen LogP contribution >= 0.6 is 0 Å². The minimum Gasteiger partial charge on any atom is -0.481 e. The molecule has 1 saturated carbocycles. The van der Waals surface area contributed by atoms with E-state index in [9.17, 15) is 9.59 Å². The van der Waals surface area contributed by atoms with Gasteiger partial charge in [0.2, 0.25) is 5.91 Å². The van der Waals surface area contributed by atoms with E-state index in [1.807, 2.05) is 12.1 Å². The Hall–Kier alpha value is -1.84.